The Morgan fingerprint density at radius 2 is 2.15 bits per heavy atom. The molecule has 0 aliphatic rings. The first kappa shape index (κ1) is 9.92. The molecule has 1 aromatic carbocycles. The second kappa shape index (κ2) is 3.70. The molecule has 0 spiro atoms. The maximum Gasteiger partial charge on any atom is 0.337 e. The Bertz CT molecular complexity index is 326. The van der Waals surface area contributed by atoms with E-state index in [1.807, 2.05) is 6.92 Å². The molecule has 0 unspecified atom stereocenters. The van der Waals surface area contributed by atoms with Gasteiger partial charge in [-0.15, -0.1) is 12.6 Å². The smallest absolute Gasteiger partial charge is 0.337 e. The van der Waals surface area contributed by atoms with Gasteiger partial charge in [0.25, 0.3) is 0 Å². The van der Waals surface area contributed by atoms with Crippen LogP contribution < -0.4 is 5.73 Å². The molecule has 0 fully saturated rings. The van der Waals surface area contributed by atoms with Gasteiger partial charge in [-0.2, -0.15) is 0 Å². The molecule has 0 saturated heterocycles. The monoisotopic (exact) mass is 197 g/mol. The fourth-order valence-corrected chi connectivity index (χ4v) is 1.33. The molecule has 0 aliphatic heterocycles. The topological polar surface area (TPSA) is 52.3 Å². The molecule has 4 heteroatoms. The highest BCUT2D eigenvalue weighted by Crippen LogP contribution is 2.22. The number of nitrogen functional groups attached to an aromatic ring is 1. The molecular weight excluding hydrogens is 186 g/mol. The number of benzene rings is 1. The molecule has 0 atom stereocenters. The fraction of sp³-hybridized carbons (Fsp3) is 0.222. The third kappa shape index (κ3) is 1.95. The van der Waals surface area contributed by atoms with Crippen LogP contribution in [0.25, 0.3) is 0 Å². The zero-order chi connectivity index (χ0) is 10.0. The number of carbonyl (C=O) groups excluding carboxylic acids is 1. The van der Waals surface area contributed by atoms with Crippen molar-refractivity contribution in [3.8, 4) is 0 Å². The first-order chi connectivity index (χ1) is 6.06. The van der Waals surface area contributed by atoms with Gasteiger partial charge >= 0.3 is 5.97 Å². The van der Waals surface area contributed by atoms with Gasteiger partial charge in [0.05, 0.1) is 12.7 Å². The van der Waals surface area contributed by atoms with E-state index in [9.17, 15) is 4.79 Å². The number of methoxy groups -OCH3 is 1. The summed E-state index contributed by atoms with van der Waals surface area (Å²) >= 11 is 4.14. The van der Waals surface area contributed by atoms with Crippen molar-refractivity contribution in [1.82, 2.24) is 0 Å². The fourth-order valence-electron chi connectivity index (χ4n) is 1.02. The van der Waals surface area contributed by atoms with E-state index in [1.54, 1.807) is 12.1 Å². The Hall–Kier alpha value is -1.16. The molecule has 0 saturated carbocycles. The molecule has 70 valence electrons. The molecule has 0 amide bonds. The van der Waals surface area contributed by atoms with Gasteiger partial charge in [0.15, 0.2) is 0 Å². The van der Waals surface area contributed by atoms with Crippen LogP contribution in [-0.2, 0) is 4.74 Å². The number of esters is 1. The van der Waals surface area contributed by atoms with Crippen molar-refractivity contribution < 1.29 is 9.53 Å². The van der Waals surface area contributed by atoms with Gasteiger partial charge in [-0.3, -0.25) is 0 Å². The summed E-state index contributed by atoms with van der Waals surface area (Å²) < 4.78 is 4.57. The van der Waals surface area contributed by atoms with Crippen LogP contribution in [0, 0.1) is 6.92 Å². The number of ether oxygens (including phenoxy) is 1. The molecule has 1 aromatic rings. The van der Waals surface area contributed by atoms with Crippen LogP contribution in [0.3, 0.4) is 0 Å². The summed E-state index contributed by atoms with van der Waals surface area (Å²) in [6.07, 6.45) is 0. The van der Waals surface area contributed by atoms with Crippen molar-refractivity contribution in [3.05, 3.63) is 23.3 Å². The summed E-state index contributed by atoms with van der Waals surface area (Å²) in [5.41, 5.74) is 7.56. The average molecular weight is 197 g/mol. The highest BCUT2D eigenvalue weighted by molar-refractivity contribution is 7.80. The Labute approximate surface area is 82.3 Å². The zero-order valence-electron chi connectivity index (χ0n) is 7.50. The van der Waals surface area contributed by atoms with Gasteiger partial charge in [-0.05, 0) is 24.6 Å². The number of hydrogen-bond donors (Lipinski definition) is 2. The summed E-state index contributed by atoms with van der Waals surface area (Å²) in [4.78, 5) is 11.7. The Morgan fingerprint density at radius 3 is 2.62 bits per heavy atom. The van der Waals surface area contributed by atoms with E-state index in [2.05, 4.69) is 17.4 Å². The van der Waals surface area contributed by atoms with E-state index < -0.39 is 0 Å². The van der Waals surface area contributed by atoms with Crippen LogP contribution in [-0.4, -0.2) is 13.1 Å². The van der Waals surface area contributed by atoms with Crippen molar-refractivity contribution >= 4 is 24.3 Å². The van der Waals surface area contributed by atoms with Crippen LogP contribution in [0.2, 0.25) is 0 Å². The average Bonchev–Trinajstić information content (AvgIpc) is 2.12. The zero-order valence-corrected chi connectivity index (χ0v) is 8.39. The van der Waals surface area contributed by atoms with Gasteiger partial charge in [0.2, 0.25) is 0 Å². The second-order valence-corrected chi connectivity index (χ2v) is 3.20. The van der Waals surface area contributed by atoms with Crippen molar-refractivity contribution in [3.63, 3.8) is 0 Å². The van der Waals surface area contributed by atoms with Gasteiger partial charge in [-0.1, -0.05) is 0 Å². The van der Waals surface area contributed by atoms with Crippen molar-refractivity contribution in [1.29, 1.82) is 0 Å². The van der Waals surface area contributed by atoms with Crippen LogP contribution in [0.4, 0.5) is 5.69 Å². The molecule has 13 heavy (non-hydrogen) atoms. The number of nitrogens with two attached hydrogens (primary N) is 1. The summed E-state index contributed by atoms with van der Waals surface area (Å²) in [5, 5.41) is 0. The second-order valence-electron chi connectivity index (χ2n) is 2.72. The molecular formula is C9H11NO2S. The first-order valence-electron chi connectivity index (χ1n) is 3.73. The molecule has 0 aromatic heterocycles. The van der Waals surface area contributed by atoms with Gasteiger partial charge in [0, 0.05) is 10.6 Å². The van der Waals surface area contributed by atoms with E-state index in [-0.39, 0.29) is 5.97 Å². The number of anilines is 1. The predicted molar refractivity (Wildman–Crippen MR) is 54.2 cm³/mol. The van der Waals surface area contributed by atoms with Gasteiger partial charge in [0.1, 0.15) is 0 Å². The van der Waals surface area contributed by atoms with Crippen LogP contribution in [0.1, 0.15) is 15.9 Å². The molecule has 1 rings (SSSR count). The van der Waals surface area contributed by atoms with Crippen molar-refractivity contribution in [2.75, 3.05) is 12.8 Å². The minimum absolute atomic E-state index is 0.376. The Kier molecular flexibility index (Phi) is 2.83. The lowest BCUT2D eigenvalue weighted by atomic mass is 10.1. The van der Waals surface area contributed by atoms with E-state index in [1.165, 1.54) is 7.11 Å². The van der Waals surface area contributed by atoms with Crippen molar-refractivity contribution in [2.45, 2.75) is 11.8 Å². The van der Waals surface area contributed by atoms with E-state index in [0.717, 1.165) is 5.56 Å². The summed E-state index contributed by atoms with van der Waals surface area (Å²) in [5.74, 6) is -0.376. The van der Waals surface area contributed by atoms with Crippen molar-refractivity contribution in [2.24, 2.45) is 0 Å². The van der Waals surface area contributed by atoms with E-state index >= 15 is 0 Å². The Morgan fingerprint density at radius 1 is 1.54 bits per heavy atom. The Balaban J connectivity index is 3.20. The lowest BCUT2D eigenvalue weighted by Gasteiger charge is -2.06. The molecule has 0 bridgehead atoms. The normalized spacial score (nSPS) is 9.77. The highest BCUT2D eigenvalue weighted by atomic mass is 32.1. The molecule has 0 radical (unpaired) electrons. The SMILES string of the molecule is COC(=O)c1cc(C)c(N)c(S)c1. The number of carbonyl (C=O) groups is 1. The maximum absolute atomic E-state index is 11.1. The largest absolute Gasteiger partial charge is 0.465 e. The molecule has 0 aliphatic carbocycles. The van der Waals surface area contributed by atoms with E-state index in [4.69, 9.17) is 5.73 Å². The van der Waals surface area contributed by atoms with Gasteiger partial charge in [-0.25, -0.2) is 4.79 Å². The molecule has 2 N–H and O–H groups in total. The lowest BCUT2D eigenvalue weighted by molar-refractivity contribution is 0.0600. The summed E-state index contributed by atoms with van der Waals surface area (Å²) in [7, 11) is 1.34. The third-order valence-corrected chi connectivity index (χ3v) is 2.16. The maximum atomic E-state index is 11.1. The number of aryl methyl sites for hydroxylation is 1. The summed E-state index contributed by atoms with van der Waals surface area (Å²) in [6, 6.07) is 3.28. The quantitative estimate of drug-likeness (QED) is 0.409. The molecule has 3 nitrogen and oxygen atoms in total. The van der Waals surface area contributed by atoms with Crippen LogP contribution in [0.15, 0.2) is 17.0 Å². The first-order valence-corrected chi connectivity index (χ1v) is 4.18. The minimum Gasteiger partial charge on any atom is -0.465 e. The number of hydrogen-bond acceptors (Lipinski definition) is 4. The summed E-state index contributed by atoms with van der Waals surface area (Å²) in [6.45, 7) is 1.82. The van der Waals surface area contributed by atoms with Gasteiger partial charge < -0.3 is 10.5 Å². The third-order valence-electron chi connectivity index (χ3n) is 1.79. The van der Waals surface area contributed by atoms with E-state index in [0.29, 0.717) is 16.1 Å². The minimum atomic E-state index is -0.376. The standard InChI is InChI=1S/C9H11NO2S/c1-5-3-6(9(11)12-2)4-7(13)8(5)10/h3-4,13H,10H2,1-2H3. The van der Waals surface area contributed by atoms with Crippen LogP contribution in [0.5, 0.6) is 0 Å². The number of thiol groups is 1. The number of rotatable bonds is 1. The highest BCUT2D eigenvalue weighted by Gasteiger charge is 2.08. The van der Waals surface area contributed by atoms with Crippen LogP contribution >= 0.6 is 12.6 Å². The predicted octanol–water partition coefficient (Wildman–Crippen LogP) is 1.65. The lowest BCUT2D eigenvalue weighted by Crippen LogP contribution is -2.03. The molecule has 0 heterocycles.